The van der Waals surface area contributed by atoms with E-state index < -0.39 is 0 Å². The second-order valence-electron chi connectivity index (χ2n) is 6.23. The lowest BCUT2D eigenvalue weighted by Gasteiger charge is -2.44. The lowest BCUT2D eigenvalue weighted by Crippen LogP contribution is -2.33. The van der Waals surface area contributed by atoms with Gasteiger partial charge in [-0.15, -0.1) is 5.10 Å². The molecular weight excluding hydrogens is 240 g/mol. The highest BCUT2D eigenvalue weighted by Gasteiger charge is 2.37. The molecule has 1 spiro atoms. The molecule has 108 valence electrons. The molecule has 5 nitrogen and oxygen atoms in total. The van der Waals surface area contributed by atoms with Crippen LogP contribution >= 0.6 is 0 Å². The summed E-state index contributed by atoms with van der Waals surface area (Å²) in [5.74, 6) is 0.732. The van der Waals surface area contributed by atoms with Gasteiger partial charge in [0.25, 0.3) is 0 Å². The van der Waals surface area contributed by atoms with Crippen LogP contribution in [0.3, 0.4) is 0 Å². The Balaban J connectivity index is 1.73. The minimum atomic E-state index is -0.0462. The number of nitrogens with two attached hydrogens (primary N) is 2. The summed E-state index contributed by atoms with van der Waals surface area (Å²) < 4.78 is 0. The van der Waals surface area contributed by atoms with Crippen molar-refractivity contribution in [3.8, 4) is 0 Å². The van der Waals surface area contributed by atoms with Crippen LogP contribution in [0.15, 0.2) is 10.2 Å². The molecule has 0 saturated heterocycles. The van der Waals surface area contributed by atoms with Gasteiger partial charge in [0.05, 0.1) is 6.10 Å². The van der Waals surface area contributed by atoms with E-state index in [-0.39, 0.29) is 12.1 Å². The van der Waals surface area contributed by atoms with E-state index >= 15 is 0 Å². The van der Waals surface area contributed by atoms with Gasteiger partial charge < -0.3 is 16.6 Å². The van der Waals surface area contributed by atoms with Crippen LogP contribution in [0.4, 0.5) is 0 Å². The molecule has 0 radical (unpaired) electrons. The average Bonchev–Trinajstić information content (AvgIpc) is 2.40. The molecule has 2 aliphatic carbocycles. The Labute approximate surface area is 115 Å². The Morgan fingerprint density at radius 3 is 2.26 bits per heavy atom. The summed E-state index contributed by atoms with van der Waals surface area (Å²) in [4.78, 5) is 0. The molecule has 2 saturated carbocycles. The van der Waals surface area contributed by atoms with Crippen molar-refractivity contribution in [1.29, 1.82) is 0 Å². The number of guanidine groups is 1. The van der Waals surface area contributed by atoms with Crippen LogP contribution in [0.5, 0.6) is 0 Å². The SMILES string of the molecule is NC(N)=NN=CCC1CCC2(CCC(O)CC2)CC1. The van der Waals surface area contributed by atoms with Gasteiger partial charge in [0, 0.05) is 6.21 Å². The van der Waals surface area contributed by atoms with Crippen LogP contribution in [-0.4, -0.2) is 23.4 Å². The summed E-state index contributed by atoms with van der Waals surface area (Å²) in [6, 6.07) is 0. The van der Waals surface area contributed by atoms with Crippen LogP contribution in [0.2, 0.25) is 0 Å². The Bertz CT molecular complexity index is 331. The van der Waals surface area contributed by atoms with E-state index in [2.05, 4.69) is 10.2 Å². The van der Waals surface area contributed by atoms with E-state index in [0.29, 0.717) is 5.41 Å². The quantitative estimate of drug-likeness (QED) is 0.412. The zero-order valence-corrected chi connectivity index (χ0v) is 11.6. The fourth-order valence-electron chi connectivity index (χ4n) is 3.54. The molecule has 0 amide bonds. The van der Waals surface area contributed by atoms with Crippen molar-refractivity contribution in [3.63, 3.8) is 0 Å². The van der Waals surface area contributed by atoms with Crippen molar-refractivity contribution >= 4 is 12.2 Å². The molecule has 0 aliphatic heterocycles. The number of aliphatic hydroxyl groups is 1. The first-order chi connectivity index (χ1) is 9.10. The molecule has 0 aromatic carbocycles. The minimum absolute atomic E-state index is 0.0135. The summed E-state index contributed by atoms with van der Waals surface area (Å²) in [7, 11) is 0. The van der Waals surface area contributed by atoms with Gasteiger partial charge in [-0.2, -0.15) is 5.10 Å². The Morgan fingerprint density at radius 1 is 1.11 bits per heavy atom. The van der Waals surface area contributed by atoms with Crippen molar-refractivity contribution in [1.82, 2.24) is 0 Å². The van der Waals surface area contributed by atoms with Gasteiger partial charge in [-0.3, -0.25) is 0 Å². The van der Waals surface area contributed by atoms with Crippen LogP contribution in [0.25, 0.3) is 0 Å². The summed E-state index contributed by atoms with van der Waals surface area (Å²) in [6.07, 6.45) is 12.3. The topological polar surface area (TPSA) is 97.0 Å². The van der Waals surface area contributed by atoms with E-state index in [1.807, 2.05) is 6.21 Å². The second-order valence-corrected chi connectivity index (χ2v) is 6.23. The third-order valence-corrected chi connectivity index (χ3v) is 4.88. The highest BCUT2D eigenvalue weighted by molar-refractivity contribution is 5.76. The zero-order valence-electron chi connectivity index (χ0n) is 11.6. The van der Waals surface area contributed by atoms with Gasteiger partial charge in [-0.05, 0) is 69.1 Å². The van der Waals surface area contributed by atoms with Gasteiger partial charge in [0.1, 0.15) is 0 Å². The number of hydrogen-bond acceptors (Lipinski definition) is 3. The molecule has 0 aromatic rings. The summed E-state index contributed by atoms with van der Waals surface area (Å²) in [5.41, 5.74) is 11.0. The largest absolute Gasteiger partial charge is 0.393 e. The molecular formula is C14H26N4O. The standard InChI is InChI=1S/C14H26N4O/c15-13(16)18-17-10-5-11-1-6-14(7-2-11)8-3-12(19)4-9-14/h10-12,19H,1-9H2,(H4,15,16,18). The summed E-state index contributed by atoms with van der Waals surface area (Å²) in [5, 5.41) is 17.1. The highest BCUT2D eigenvalue weighted by Crippen LogP contribution is 2.49. The van der Waals surface area contributed by atoms with E-state index in [1.165, 1.54) is 38.5 Å². The maximum atomic E-state index is 9.61. The van der Waals surface area contributed by atoms with E-state index in [9.17, 15) is 5.11 Å². The van der Waals surface area contributed by atoms with Crippen molar-refractivity contribution in [2.24, 2.45) is 33.0 Å². The van der Waals surface area contributed by atoms with Crippen molar-refractivity contribution in [2.45, 2.75) is 63.9 Å². The first-order valence-electron chi connectivity index (χ1n) is 7.38. The Hall–Kier alpha value is -1.10. The summed E-state index contributed by atoms with van der Waals surface area (Å²) >= 11 is 0. The molecule has 5 N–H and O–H groups in total. The Kier molecular flexibility index (Phi) is 4.80. The normalized spacial score (nSPS) is 35.6. The van der Waals surface area contributed by atoms with Gasteiger partial charge in [0.2, 0.25) is 5.96 Å². The van der Waals surface area contributed by atoms with Gasteiger partial charge in [-0.1, -0.05) is 0 Å². The molecule has 0 aromatic heterocycles. The second kappa shape index (κ2) is 6.37. The van der Waals surface area contributed by atoms with E-state index in [4.69, 9.17) is 11.5 Å². The summed E-state index contributed by atoms with van der Waals surface area (Å²) in [6.45, 7) is 0. The van der Waals surface area contributed by atoms with Crippen LogP contribution < -0.4 is 11.5 Å². The maximum absolute atomic E-state index is 9.61. The number of nitrogens with zero attached hydrogens (tertiary/aromatic N) is 2. The lowest BCUT2D eigenvalue weighted by molar-refractivity contribution is 0.0300. The van der Waals surface area contributed by atoms with Crippen molar-refractivity contribution < 1.29 is 5.11 Å². The highest BCUT2D eigenvalue weighted by atomic mass is 16.3. The molecule has 0 bridgehead atoms. The smallest absolute Gasteiger partial charge is 0.211 e. The van der Waals surface area contributed by atoms with Crippen molar-refractivity contribution in [2.75, 3.05) is 0 Å². The van der Waals surface area contributed by atoms with E-state index in [1.54, 1.807) is 0 Å². The number of aliphatic hydroxyl groups excluding tert-OH is 1. The van der Waals surface area contributed by atoms with Crippen LogP contribution in [-0.2, 0) is 0 Å². The molecule has 0 atom stereocenters. The van der Waals surface area contributed by atoms with Gasteiger partial charge in [-0.25, -0.2) is 0 Å². The minimum Gasteiger partial charge on any atom is -0.393 e. The fourth-order valence-corrected chi connectivity index (χ4v) is 3.54. The molecule has 0 unspecified atom stereocenters. The monoisotopic (exact) mass is 266 g/mol. The van der Waals surface area contributed by atoms with Crippen LogP contribution in [0, 0.1) is 11.3 Å². The third-order valence-electron chi connectivity index (χ3n) is 4.88. The van der Waals surface area contributed by atoms with Gasteiger partial charge >= 0.3 is 0 Å². The molecule has 0 heterocycles. The lowest BCUT2D eigenvalue weighted by atomic mass is 9.62. The Morgan fingerprint density at radius 2 is 1.68 bits per heavy atom. The molecule has 2 rings (SSSR count). The maximum Gasteiger partial charge on any atom is 0.211 e. The molecule has 5 heteroatoms. The zero-order chi connectivity index (χ0) is 13.7. The average molecular weight is 266 g/mol. The molecule has 2 aliphatic rings. The predicted octanol–water partition coefficient (Wildman–Crippen LogP) is 1.75. The molecule has 19 heavy (non-hydrogen) atoms. The van der Waals surface area contributed by atoms with Crippen molar-refractivity contribution in [3.05, 3.63) is 0 Å². The number of hydrogen-bond donors (Lipinski definition) is 3. The molecule has 2 fully saturated rings. The van der Waals surface area contributed by atoms with Gasteiger partial charge in [0.15, 0.2) is 0 Å². The fraction of sp³-hybridized carbons (Fsp3) is 0.857. The van der Waals surface area contributed by atoms with Crippen LogP contribution in [0.1, 0.15) is 57.8 Å². The third kappa shape index (κ3) is 4.20. The predicted molar refractivity (Wildman–Crippen MR) is 77.8 cm³/mol. The van der Waals surface area contributed by atoms with E-state index in [0.717, 1.165) is 25.2 Å². The number of rotatable bonds is 3. The first-order valence-corrected chi connectivity index (χ1v) is 7.38. The first kappa shape index (κ1) is 14.3.